The minimum absolute atomic E-state index is 0.388. The molecule has 2 heterocycles. The molecule has 0 bridgehead atoms. The number of hydrogen-bond donors (Lipinski definition) is 1. The maximum absolute atomic E-state index is 11.6. The van der Waals surface area contributed by atoms with Crippen LogP contribution in [0.15, 0.2) is 36.5 Å². The summed E-state index contributed by atoms with van der Waals surface area (Å²) in [6, 6.07) is 9.96. The Morgan fingerprint density at radius 1 is 1.23 bits per heavy atom. The van der Waals surface area contributed by atoms with Gasteiger partial charge in [0, 0.05) is 24.8 Å². The van der Waals surface area contributed by atoms with Crippen LogP contribution in [-0.4, -0.2) is 32.7 Å². The Labute approximate surface area is 131 Å². The van der Waals surface area contributed by atoms with Gasteiger partial charge in [0.25, 0.3) is 0 Å². The van der Waals surface area contributed by atoms with E-state index in [-0.39, 0.29) is 0 Å². The zero-order chi connectivity index (χ0) is 15.9. The second-order valence-electron chi connectivity index (χ2n) is 5.71. The number of benzene rings is 1. The predicted octanol–water partition coefficient (Wildman–Crippen LogP) is 2.50. The Hall–Kier alpha value is -2.08. The Kier molecular flexibility index (Phi) is 3.56. The van der Waals surface area contributed by atoms with Crippen LogP contribution in [0, 0.1) is 0 Å². The summed E-state index contributed by atoms with van der Waals surface area (Å²) in [5, 5.41) is 3.36. The Morgan fingerprint density at radius 3 is 2.55 bits per heavy atom. The van der Waals surface area contributed by atoms with Crippen LogP contribution in [-0.2, 0) is 16.4 Å². The van der Waals surface area contributed by atoms with Gasteiger partial charge >= 0.3 is 0 Å². The third-order valence-corrected chi connectivity index (χ3v) is 5.19. The summed E-state index contributed by atoms with van der Waals surface area (Å²) in [5.74, 6) is 0.947. The van der Waals surface area contributed by atoms with Crippen LogP contribution in [0.25, 0.3) is 11.1 Å². The zero-order valence-electron chi connectivity index (χ0n) is 12.9. The minimum atomic E-state index is -3.24. The van der Waals surface area contributed by atoms with E-state index < -0.39 is 10.0 Å². The molecule has 2 aromatic rings. The molecule has 0 spiro atoms. The topological polar surface area (TPSA) is 62.3 Å². The second kappa shape index (κ2) is 5.28. The standard InChI is InChI=1S/C16H19N3O2S/c1-11-10-15-14(8-9-17-16(15)18-11)12-4-6-13(7-5-12)19(2)22(3,20)21/h4-9,11H,10H2,1-3H3,(H,17,18). The van der Waals surface area contributed by atoms with Gasteiger partial charge in [0.15, 0.2) is 0 Å². The first-order valence-electron chi connectivity index (χ1n) is 7.15. The average molecular weight is 317 g/mol. The first-order valence-corrected chi connectivity index (χ1v) is 9.00. The smallest absolute Gasteiger partial charge is 0.231 e. The SMILES string of the molecule is CC1Cc2c(-c3ccc(N(C)S(C)(=O)=O)cc3)ccnc2N1. The van der Waals surface area contributed by atoms with Gasteiger partial charge in [-0.25, -0.2) is 13.4 Å². The van der Waals surface area contributed by atoms with Gasteiger partial charge in [0.1, 0.15) is 5.82 Å². The lowest BCUT2D eigenvalue weighted by Gasteiger charge is -2.17. The van der Waals surface area contributed by atoms with E-state index in [1.165, 1.54) is 16.1 Å². The van der Waals surface area contributed by atoms with Crippen LogP contribution in [0.1, 0.15) is 12.5 Å². The summed E-state index contributed by atoms with van der Waals surface area (Å²) in [5.41, 5.74) is 4.10. The van der Waals surface area contributed by atoms with Gasteiger partial charge < -0.3 is 5.32 Å². The Bertz CT molecular complexity index is 801. The largest absolute Gasteiger partial charge is 0.367 e. The van der Waals surface area contributed by atoms with E-state index in [1.54, 1.807) is 13.2 Å². The zero-order valence-corrected chi connectivity index (χ0v) is 13.7. The van der Waals surface area contributed by atoms with Crippen molar-refractivity contribution in [3.8, 4) is 11.1 Å². The van der Waals surface area contributed by atoms with Gasteiger partial charge in [-0.2, -0.15) is 0 Å². The van der Waals surface area contributed by atoms with Crippen molar-refractivity contribution in [3.63, 3.8) is 0 Å². The molecule has 116 valence electrons. The number of sulfonamides is 1. The van der Waals surface area contributed by atoms with E-state index in [0.717, 1.165) is 23.4 Å². The molecule has 0 radical (unpaired) electrons. The molecule has 5 nitrogen and oxygen atoms in total. The van der Waals surface area contributed by atoms with Crippen LogP contribution >= 0.6 is 0 Å². The predicted molar refractivity (Wildman–Crippen MR) is 89.7 cm³/mol. The molecule has 0 aliphatic carbocycles. The molecule has 1 N–H and O–H groups in total. The number of nitrogens with zero attached hydrogens (tertiary/aromatic N) is 2. The van der Waals surface area contributed by atoms with Crippen molar-refractivity contribution in [3.05, 3.63) is 42.1 Å². The molecule has 1 unspecified atom stereocenters. The second-order valence-corrected chi connectivity index (χ2v) is 7.73. The highest BCUT2D eigenvalue weighted by Gasteiger charge is 2.21. The van der Waals surface area contributed by atoms with Gasteiger partial charge in [-0.1, -0.05) is 12.1 Å². The fourth-order valence-corrected chi connectivity index (χ4v) is 3.23. The molecule has 6 heteroatoms. The first kappa shape index (κ1) is 14.8. The van der Waals surface area contributed by atoms with Gasteiger partial charge in [-0.3, -0.25) is 4.31 Å². The summed E-state index contributed by atoms with van der Waals surface area (Å²) in [6.45, 7) is 2.13. The molecule has 1 aromatic carbocycles. The van der Waals surface area contributed by atoms with E-state index in [1.807, 2.05) is 30.3 Å². The highest BCUT2D eigenvalue weighted by atomic mass is 32.2. The third-order valence-electron chi connectivity index (χ3n) is 3.99. The van der Waals surface area contributed by atoms with E-state index in [9.17, 15) is 8.42 Å². The molecular formula is C16H19N3O2S. The molecule has 22 heavy (non-hydrogen) atoms. The van der Waals surface area contributed by atoms with E-state index in [2.05, 4.69) is 17.2 Å². The summed E-state index contributed by atoms with van der Waals surface area (Å²) in [6.07, 6.45) is 3.95. The van der Waals surface area contributed by atoms with E-state index >= 15 is 0 Å². The normalized spacial score (nSPS) is 17.0. The molecule has 1 aliphatic rings. The van der Waals surface area contributed by atoms with E-state index in [4.69, 9.17) is 0 Å². The molecule has 1 aromatic heterocycles. The molecule has 1 atom stereocenters. The fraction of sp³-hybridized carbons (Fsp3) is 0.312. The van der Waals surface area contributed by atoms with Crippen molar-refractivity contribution in [1.29, 1.82) is 0 Å². The molecular weight excluding hydrogens is 298 g/mol. The van der Waals surface area contributed by atoms with Gasteiger partial charge in [-0.15, -0.1) is 0 Å². The minimum Gasteiger partial charge on any atom is -0.367 e. The molecule has 0 fully saturated rings. The molecule has 0 saturated carbocycles. The molecule has 0 saturated heterocycles. The first-order chi connectivity index (χ1) is 10.4. The van der Waals surface area contributed by atoms with Crippen molar-refractivity contribution < 1.29 is 8.42 Å². The highest BCUT2D eigenvalue weighted by molar-refractivity contribution is 7.92. The third kappa shape index (κ3) is 2.66. The average Bonchev–Trinajstić information content (AvgIpc) is 2.85. The lowest BCUT2D eigenvalue weighted by atomic mass is 9.99. The van der Waals surface area contributed by atoms with Crippen molar-refractivity contribution in [2.75, 3.05) is 22.9 Å². The number of hydrogen-bond acceptors (Lipinski definition) is 4. The number of rotatable bonds is 3. The van der Waals surface area contributed by atoms with E-state index in [0.29, 0.717) is 11.7 Å². The van der Waals surface area contributed by atoms with Crippen molar-refractivity contribution in [1.82, 2.24) is 4.98 Å². The number of pyridine rings is 1. The van der Waals surface area contributed by atoms with Gasteiger partial charge in [0.05, 0.1) is 11.9 Å². The maximum Gasteiger partial charge on any atom is 0.231 e. The molecule has 3 rings (SSSR count). The van der Waals surface area contributed by atoms with Crippen molar-refractivity contribution in [2.24, 2.45) is 0 Å². The number of anilines is 2. The van der Waals surface area contributed by atoms with Crippen LogP contribution in [0.2, 0.25) is 0 Å². The van der Waals surface area contributed by atoms with Crippen LogP contribution in [0.5, 0.6) is 0 Å². The summed E-state index contributed by atoms with van der Waals surface area (Å²) in [7, 11) is -1.68. The summed E-state index contributed by atoms with van der Waals surface area (Å²) < 4.78 is 24.4. The Balaban J connectivity index is 1.97. The summed E-state index contributed by atoms with van der Waals surface area (Å²) >= 11 is 0. The van der Waals surface area contributed by atoms with Crippen molar-refractivity contribution >= 4 is 21.5 Å². The quantitative estimate of drug-likeness (QED) is 0.945. The molecule has 0 amide bonds. The number of nitrogens with one attached hydrogen (secondary N) is 1. The fourth-order valence-electron chi connectivity index (χ4n) is 2.73. The molecule has 1 aliphatic heterocycles. The van der Waals surface area contributed by atoms with Gasteiger partial charge in [-0.05, 0) is 42.7 Å². The number of fused-ring (bicyclic) bond motifs is 1. The maximum atomic E-state index is 11.6. The summed E-state index contributed by atoms with van der Waals surface area (Å²) in [4.78, 5) is 4.38. The van der Waals surface area contributed by atoms with Crippen LogP contribution in [0.3, 0.4) is 0 Å². The highest BCUT2D eigenvalue weighted by Crippen LogP contribution is 2.34. The monoisotopic (exact) mass is 317 g/mol. The van der Waals surface area contributed by atoms with Crippen molar-refractivity contribution in [2.45, 2.75) is 19.4 Å². The number of aromatic nitrogens is 1. The lowest BCUT2D eigenvalue weighted by molar-refractivity contribution is 0.600. The lowest BCUT2D eigenvalue weighted by Crippen LogP contribution is -2.24. The Morgan fingerprint density at radius 2 is 1.91 bits per heavy atom. The van der Waals surface area contributed by atoms with Gasteiger partial charge in [0.2, 0.25) is 10.0 Å². The van der Waals surface area contributed by atoms with Crippen LogP contribution < -0.4 is 9.62 Å². The van der Waals surface area contributed by atoms with Crippen LogP contribution in [0.4, 0.5) is 11.5 Å².